The van der Waals surface area contributed by atoms with E-state index in [0.29, 0.717) is 18.1 Å². The van der Waals surface area contributed by atoms with Crippen LogP contribution in [0.2, 0.25) is 0 Å². The van der Waals surface area contributed by atoms with E-state index in [1.165, 1.54) is 12.8 Å². The molecule has 19 heavy (non-hydrogen) atoms. The summed E-state index contributed by atoms with van der Waals surface area (Å²) in [6, 6.07) is 5.72. The molecule has 3 rings (SSSR count). The fourth-order valence-corrected chi connectivity index (χ4v) is 3.76. The first-order valence-electron chi connectivity index (χ1n) is 7.02. The molecule has 2 bridgehead atoms. The smallest absolute Gasteiger partial charge is 0.103 e. The number of rotatable bonds is 1. The van der Waals surface area contributed by atoms with E-state index in [9.17, 15) is 5.26 Å². The Bertz CT molecular complexity index is 532. The predicted octanol–water partition coefficient (Wildman–Crippen LogP) is 2.03. The number of hydrogen-bond donors (Lipinski definition) is 1. The minimum Gasteiger partial charge on any atom is -0.364 e. The van der Waals surface area contributed by atoms with Gasteiger partial charge in [0.15, 0.2) is 0 Å². The Labute approximate surface area is 114 Å². The number of aryl methyl sites for hydroxylation is 2. The standard InChI is InChI=1S/C15H20N4/c1-9-5-15(14(8-16)10(2)18-9)19-12-3-4-13(19)7-11(17)6-12/h5,11-13H,3-4,6-7,17H2,1-2H3. The first-order valence-corrected chi connectivity index (χ1v) is 7.02. The molecule has 0 saturated carbocycles. The first-order chi connectivity index (χ1) is 9.10. The maximum atomic E-state index is 9.42. The zero-order valence-electron chi connectivity index (χ0n) is 11.6. The molecule has 100 valence electrons. The number of piperidine rings is 1. The third-order valence-corrected chi connectivity index (χ3v) is 4.47. The molecule has 2 unspecified atom stereocenters. The average molecular weight is 256 g/mol. The lowest BCUT2D eigenvalue weighted by atomic mass is 9.96. The van der Waals surface area contributed by atoms with Gasteiger partial charge in [-0.15, -0.1) is 0 Å². The lowest BCUT2D eigenvalue weighted by Gasteiger charge is -2.40. The van der Waals surface area contributed by atoms with Gasteiger partial charge in [-0.2, -0.15) is 5.26 Å². The van der Waals surface area contributed by atoms with E-state index < -0.39 is 0 Å². The van der Waals surface area contributed by atoms with Crippen molar-refractivity contribution >= 4 is 5.69 Å². The molecular weight excluding hydrogens is 236 g/mol. The van der Waals surface area contributed by atoms with Gasteiger partial charge in [-0.05, 0) is 45.6 Å². The van der Waals surface area contributed by atoms with Crippen LogP contribution in [0, 0.1) is 25.2 Å². The summed E-state index contributed by atoms with van der Waals surface area (Å²) < 4.78 is 0. The maximum Gasteiger partial charge on any atom is 0.103 e. The lowest BCUT2D eigenvalue weighted by molar-refractivity contribution is 0.414. The number of nitrogens with two attached hydrogens (primary N) is 1. The Morgan fingerprint density at radius 2 is 1.95 bits per heavy atom. The van der Waals surface area contributed by atoms with Crippen LogP contribution in [-0.4, -0.2) is 23.1 Å². The van der Waals surface area contributed by atoms with Gasteiger partial charge in [0.05, 0.1) is 16.9 Å². The summed E-state index contributed by atoms with van der Waals surface area (Å²) in [6.07, 6.45) is 4.48. The molecule has 2 saturated heterocycles. The molecule has 1 aromatic heterocycles. The number of nitrogens with zero attached hydrogens (tertiary/aromatic N) is 3. The van der Waals surface area contributed by atoms with E-state index >= 15 is 0 Å². The minimum absolute atomic E-state index is 0.323. The van der Waals surface area contributed by atoms with Crippen LogP contribution in [0.25, 0.3) is 0 Å². The molecule has 2 aliphatic rings. The molecule has 3 heterocycles. The Morgan fingerprint density at radius 1 is 1.32 bits per heavy atom. The second kappa shape index (κ2) is 4.50. The topological polar surface area (TPSA) is 65.9 Å². The summed E-state index contributed by atoms with van der Waals surface area (Å²) in [5.41, 5.74) is 9.76. The number of nitriles is 1. The van der Waals surface area contributed by atoms with Crippen molar-refractivity contribution in [1.29, 1.82) is 5.26 Å². The van der Waals surface area contributed by atoms with Crippen LogP contribution >= 0.6 is 0 Å². The Hall–Kier alpha value is -1.60. The van der Waals surface area contributed by atoms with Crippen molar-refractivity contribution in [3.63, 3.8) is 0 Å². The van der Waals surface area contributed by atoms with E-state index in [2.05, 4.69) is 22.0 Å². The van der Waals surface area contributed by atoms with Gasteiger partial charge in [-0.25, -0.2) is 0 Å². The summed E-state index contributed by atoms with van der Waals surface area (Å²) >= 11 is 0. The van der Waals surface area contributed by atoms with E-state index in [4.69, 9.17) is 5.73 Å². The van der Waals surface area contributed by atoms with Gasteiger partial charge < -0.3 is 10.6 Å². The van der Waals surface area contributed by atoms with E-state index in [0.717, 1.165) is 35.5 Å². The van der Waals surface area contributed by atoms with Crippen molar-refractivity contribution in [2.75, 3.05) is 4.90 Å². The number of hydrogen-bond acceptors (Lipinski definition) is 4. The highest BCUT2D eigenvalue weighted by Gasteiger charge is 2.40. The van der Waals surface area contributed by atoms with Crippen LogP contribution < -0.4 is 10.6 Å². The van der Waals surface area contributed by atoms with E-state index in [1.54, 1.807) is 0 Å². The molecule has 2 N–H and O–H groups in total. The Kier molecular flexibility index (Phi) is 2.94. The highest BCUT2D eigenvalue weighted by atomic mass is 15.2. The number of pyridine rings is 1. The zero-order valence-corrected chi connectivity index (χ0v) is 11.6. The molecule has 0 aromatic carbocycles. The third-order valence-electron chi connectivity index (χ3n) is 4.47. The van der Waals surface area contributed by atoms with Gasteiger partial charge in [0.25, 0.3) is 0 Å². The number of anilines is 1. The molecule has 0 radical (unpaired) electrons. The second-order valence-electron chi connectivity index (χ2n) is 5.88. The van der Waals surface area contributed by atoms with Crippen LogP contribution in [0.1, 0.15) is 42.6 Å². The fourth-order valence-electron chi connectivity index (χ4n) is 3.76. The van der Waals surface area contributed by atoms with Crippen LogP contribution in [0.3, 0.4) is 0 Å². The first kappa shape index (κ1) is 12.4. The number of fused-ring (bicyclic) bond motifs is 2. The highest BCUT2D eigenvalue weighted by Crippen LogP contribution is 2.40. The van der Waals surface area contributed by atoms with Gasteiger partial charge in [0.1, 0.15) is 6.07 Å². The highest BCUT2D eigenvalue weighted by molar-refractivity contribution is 5.63. The van der Waals surface area contributed by atoms with Crippen LogP contribution in [0.15, 0.2) is 6.07 Å². The summed E-state index contributed by atoms with van der Waals surface area (Å²) in [4.78, 5) is 6.86. The predicted molar refractivity (Wildman–Crippen MR) is 74.9 cm³/mol. The van der Waals surface area contributed by atoms with Gasteiger partial charge in [-0.3, -0.25) is 4.98 Å². The number of aromatic nitrogens is 1. The zero-order chi connectivity index (χ0) is 13.6. The maximum absolute atomic E-state index is 9.42. The van der Waals surface area contributed by atoms with Gasteiger partial charge in [-0.1, -0.05) is 0 Å². The molecule has 4 nitrogen and oxygen atoms in total. The van der Waals surface area contributed by atoms with Gasteiger partial charge >= 0.3 is 0 Å². The molecule has 1 aromatic rings. The van der Waals surface area contributed by atoms with Crippen molar-refractivity contribution in [2.24, 2.45) is 5.73 Å². The fraction of sp³-hybridized carbons (Fsp3) is 0.600. The van der Waals surface area contributed by atoms with Gasteiger partial charge in [0.2, 0.25) is 0 Å². The SMILES string of the molecule is Cc1cc(N2C3CCC2CC(N)C3)c(C#N)c(C)n1. The summed E-state index contributed by atoms with van der Waals surface area (Å²) in [6.45, 7) is 3.92. The van der Waals surface area contributed by atoms with Crippen molar-refractivity contribution in [2.45, 2.75) is 57.7 Å². The second-order valence-corrected chi connectivity index (χ2v) is 5.88. The van der Waals surface area contributed by atoms with Crippen molar-refractivity contribution in [3.05, 3.63) is 23.0 Å². The van der Waals surface area contributed by atoms with E-state index in [-0.39, 0.29) is 0 Å². The lowest BCUT2D eigenvalue weighted by Crippen LogP contribution is -2.48. The molecule has 2 fully saturated rings. The molecular formula is C15H20N4. The van der Waals surface area contributed by atoms with Crippen LogP contribution in [0.5, 0.6) is 0 Å². The largest absolute Gasteiger partial charge is 0.364 e. The van der Waals surface area contributed by atoms with Gasteiger partial charge in [0, 0.05) is 23.8 Å². The quantitative estimate of drug-likeness (QED) is 0.835. The summed E-state index contributed by atoms with van der Waals surface area (Å²) in [5.74, 6) is 0. The van der Waals surface area contributed by atoms with Crippen LogP contribution in [-0.2, 0) is 0 Å². The molecule has 0 spiro atoms. The van der Waals surface area contributed by atoms with Crippen molar-refractivity contribution < 1.29 is 0 Å². The third kappa shape index (κ3) is 1.98. The molecule has 4 heteroatoms. The molecule has 0 amide bonds. The Balaban J connectivity index is 2.06. The monoisotopic (exact) mass is 256 g/mol. The summed E-state index contributed by atoms with van der Waals surface area (Å²) in [5, 5.41) is 9.42. The molecule has 2 atom stereocenters. The molecule has 0 aliphatic carbocycles. The van der Waals surface area contributed by atoms with Crippen LogP contribution in [0.4, 0.5) is 5.69 Å². The normalized spacial score (nSPS) is 29.4. The molecule has 2 aliphatic heterocycles. The van der Waals surface area contributed by atoms with Crippen molar-refractivity contribution in [3.8, 4) is 6.07 Å². The average Bonchev–Trinajstić information content (AvgIpc) is 2.60. The summed E-state index contributed by atoms with van der Waals surface area (Å²) in [7, 11) is 0. The van der Waals surface area contributed by atoms with E-state index in [1.807, 2.05) is 13.8 Å². The Morgan fingerprint density at radius 3 is 2.53 bits per heavy atom. The van der Waals surface area contributed by atoms with Crippen molar-refractivity contribution in [1.82, 2.24) is 4.98 Å². The minimum atomic E-state index is 0.323.